The molecule has 2 heterocycles. The lowest BCUT2D eigenvalue weighted by Gasteiger charge is -2.11. The predicted octanol–water partition coefficient (Wildman–Crippen LogP) is 1.72. The first-order valence-corrected chi connectivity index (χ1v) is 6.70. The van der Waals surface area contributed by atoms with E-state index in [-0.39, 0.29) is 5.91 Å². The van der Waals surface area contributed by atoms with Crippen molar-refractivity contribution in [1.82, 2.24) is 15.6 Å². The van der Waals surface area contributed by atoms with E-state index in [0.29, 0.717) is 18.3 Å². The zero-order valence-electron chi connectivity index (χ0n) is 10.7. The summed E-state index contributed by atoms with van der Waals surface area (Å²) in [6, 6.07) is 11.9. The first kappa shape index (κ1) is 12.1. The summed E-state index contributed by atoms with van der Waals surface area (Å²) in [5, 5.41) is 7.35. The van der Waals surface area contributed by atoms with E-state index in [9.17, 15) is 4.79 Å². The van der Waals surface area contributed by atoms with Crippen molar-refractivity contribution < 1.29 is 4.79 Å². The molecule has 1 saturated heterocycles. The molecule has 0 bridgehead atoms. The molecule has 4 heteroatoms. The molecule has 1 fully saturated rings. The summed E-state index contributed by atoms with van der Waals surface area (Å²) in [5.74, 6) is -0.0977. The summed E-state index contributed by atoms with van der Waals surface area (Å²) < 4.78 is 0. The van der Waals surface area contributed by atoms with E-state index in [1.165, 1.54) is 6.42 Å². The third-order valence-corrected chi connectivity index (χ3v) is 3.50. The van der Waals surface area contributed by atoms with Gasteiger partial charge in [-0.15, -0.1) is 0 Å². The smallest absolute Gasteiger partial charge is 0.269 e. The molecule has 1 unspecified atom stereocenters. The Morgan fingerprint density at radius 2 is 2.21 bits per heavy atom. The Labute approximate surface area is 112 Å². The van der Waals surface area contributed by atoms with E-state index in [4.69, 9.17) is 0 Å². The van der Waals surface area contributed by atoms with Gasteiger partial charge in [0.25, 0.3) is 5.91 Å². The molecule has 1 atom stereocenters. The Morgan fingerprint density at radius 1 is 1.32 bits per heavy atom. The molecule has 3 rings (SSSR count). The number of aromatic nitrogens is 1. The van der Waals surface area contributed by atoms with Gasteiger partial charge < -0.3 is 10.6 Å². The highest BCUT2D eigenvalue weighted by atomic mass is 16.1. The number of pyridine rings is 1. The van der Waals surface area contributed by atoms with Crippen LogP contribution in [0.5, 0.6) is 0 Å². The molecule has 0 aliphatic carbocycles. The van der Waals surface area contributed by atoms with Crippen LogP contribution >= 0.6 is 0 Å². The summed E-state index contributed by atoms with van der Waals surface area (Å²) in [5.41, 5.74) is 1.34. The number of hydrogen-bond donors (Lipinski definition) is 2. The van der Waals surface area contributed by atoms with Gasteiger partial charge in [0.1, 0.15) is 5.69 Å². The van der Waals surface area contributed by atoms with Crippen LogP contribution in [0.1, 0.15) is 23.3 Å². The minimum atomic E-state index is -0.0977. The molecule has 2 aromatic rings. The fraction of sp³-hybridized carbons (Fsp3) is 0.333. The van der Waals surface area contributed by atoms with Crippen molar-refractivity contribution >= 4 is 16.8 Å². The van der Waals surface area contributed by atoms with Gasteiger partial charge in [0.2, 0.25) is 0 Å². The maximum absolute atomic E-state index is 12.0. The molecule has 0 radical (unpaired) electrons. The number of hydrogen-bond acceptors (Lipinski definition) is 3. The van der Waals surface area contributed by atoms with Crippen LogP contribution in [0.15, 0.2) is 36.4 Å². The van der Waals surface area contributed by atoms with E-state index in [1.807, 2.05) is 30.3 Å². The molecule has 1 aromatic carbocycles. The van der Waals surface area contributed by atoms with Crippen LogP contribution in [-0.4, -0.2) is 30.0 Å². The minimum Gasteiger partial charge on any atom is -0.349 e. The molecule has 0 spiro atoms. The second kappa shape index (κ2) is 5.36. The summed E-state index contributed by atoms with van der Waals surface area (Å²) in [6.45, 7) is 1.72. The maximum Gasteiger partial charge on any atom is 0.269 e. The van der Waals surface area contributed by atoms with Gasteiger partial charge in [-0.1, -0.05) is 24.3 Å². The Morgan fingerprint density at radius 3 is 3.05 bits per heavy atom. The molecular weight excluding hydrogens is 238 g/mol. The lowest BCUT2D eigenvalue weighted by molar-refractivity contribution is 0.0945. The number of carbonyl (C=O) groups excluding carboxylic acids is 1. The molecule has 19 heavy (non-hydrogen) atoms. The highest BCUT2D eigenvalue weighted by Crippen LogP contribution is 2.11. The van der Waals surface area contributed by atoms with Gasteiger partial charge in [0.15, 0.2) is 0 Å². The lowest BCUT2D eigenvalue weighted by atomic mass is 10.2. The SMILES string of the molecule is O=C(NCC1CCCN1)c1ccc2ccccc2n1. The number of para-hydroxylation sites is 1. The van der Waals surface area contributed by atoms with Crippen LogP contribution in [0, 0.1) is 0 Å². The number of fused-ring (bicyclic) bond motifs is 1. The van der Waals surface area contributed by atoms with Crippen molar-refractivity contribution in [3.63, 3.8) is 0 Å². The van der Waals surface area contributed by atoms with Crippen molar-refractivity contribution in [2.45, 2.75) is 18.9 Å². The van der Waals surface area contributed by atoms with Gasteiger partial charge in [-0.05, 0) is 31.5 Å². The molecule has 98 valence electrons. The second-order valence-electron chi connectivity index (χ2n) is 4.89. The average molecular weight is 255 g/mol. The van der Waals surface area contributed by atoms with Crippen molar-refractivity contribution in [3.8, 4) is 0 Å². The largest absolute Gasteiger partial charge is 0.349 e. The number of rotatable bonds is 3. The second-order valence-corrected chi connectivity index (χ2v) is 4.89. The Bertz CT molecular complexity index is 591. The van der Waals surface area contributed by atoms with Crippen LogP contribution in [-0.2, 0) is 0 Å². The zero-order chi connectivity index (χ0) is 13.1. The maximum atomic E-state index is 12.0. The van der Waals surface area contributed by atoms with Crippen LogP contribution in [0.2, 0.25) is 0 Å². The molecule has 2 N–H and O–H groups in total. The minimum absolute atomic E-state index is 0.0977. The number of nitrogens with one attached hydrogen (secondary N) is 2. The zero-order valence-corrected chi connectivity index (χ0v) is 10.7. The molecule has 4 nitrogen and oxygen atoms in total. The summed E-state index contributed by atoms with van der Waals surface area (Å²) >= 11 is 0. The van der Waals surface area contributed by atoms with E-state index in [2.05, 4.69) is 15.6 Å². The van der Waals surface area contributed by atoms with Gasteiger partial charge in [0, 0.05) is 18.0 Å². The Balaban J connectivity index is 1.70. The van der Waals surface area contributed by atoms with Crippen LogP contribution < -0.4 is 10.6 Å². The summed E-state index contributed by atoms with van der Waals surface area (Å²) in [6.07, 6.45) is 2.32. The van der Waals surface area contributed by atoms with Gasteiger partial charge in [-0.3, -0.25) is 4.79 Å². The first-order chi connectivity index (χ1) is 9.33. The van der Waals surface area contributed by atoms with Gasteiger partial charge in [-0.25, -0.2) is 4.98 Å². The first-order valence-electron chi connectivity index (χ1n) is 6.70. The summed E-state index contributed by atoms with van der Waals surface area (Å²) in [7, 11) is 0. The van der Waals surface area contributed by atoms with Crippen molar-refractivity contribution in [2.75, 3.05) is 13.1 Å². The molecule has 0 saturated carbocycles. The standard InChI is InChI=1S/C15H17N3O/c19-15(17-10-12-5-3-9-16-12)14-8-7-11-4-1-2-6-13(11)18-14/h1-2,4,6-8,12,16H,3,5,9-10H2,(H,17,19). The third-order valence-electron chi connectivity index (χ3n) is 3.50. The number of amides is 1. The van der Waals surface area contributed by atoms with Crippen LogP contribution in [0.25, 0.3) is 10.9 Å². The Kier molecular flexibility index (Phi) is 3.42. The van der Waals surface area contributed by atoms with Gasteiger partial charge in [0.05, 0.1) is 5.52 Å². The number of carbonyl (C=O) groups is 1. The van der Waals surface area contributed by atoms with E-state index in [1.54, 1.807) is 6.07 Å². The average Bonchev–Trinajstić information content (AvgIpc) is 2.97. The molecular formula is C15H17N3O. The van der Waals surface area contributed by atoms with E-state index >= 15 is 0 Å². The van der Waals surface area contributed by atoms with Crippen molar-refractivity contribution in [1.29, 1.82) is 0 Å². The highest BCUT2D eigenvalue weighted by Gasteiger charge is 2.15. The molecule has 1 amide bonds. The topological polar surface area (TPSA) is 54.0 Å². The molecule has 1 aliphatic heterocycles. The van der Waals surface area contributed by atoms with E-state index < -0.39 is 0 Å². The van der Waals surface area contributed by atoms with Crippen molar-refractivity contribution in [3.05, 3.63) is 42.1 Å². The fourth-order valence-electron chi connectivity index (χ4n) is 2.43. The quantitative estimate of drug-likeness (QED) is 0.878. The van der Waals surface area contributed by atoms with Gasteiger partial charge >= 0.3 is 0 Å². The highest BCUT2D eigenvalue weighted by molar-refractivity contribution is 5.94. The van der Waals surface area contributed by atoms with Crippen molar-refractivity contribution in [2.24, 2.45) is 0 Å². The molecule has 1 aliphatic rings. The number of benzene rings is 1. The van der Waals surface area contributed by atoms with Crippen LogP contribution in [0.4, 0.5) is 0 Å². The fourth-order valence-corrected chi connectivity index (χ4v) is 2.43. The predicted molar refractivity (Wildman–Crippen MR) is 75.1 cm³/mol. The van der Waals surface area contributed by atoms with E-state index in [0.717, 1.165) is 23.9 Å². The monoisotopic (exact) mass is 255 g/mol. The Hall–Kier alpha value is -1.94. The summed E-state index contributed by atoms with van der Waals surface area (Å²) in [4.78, 5) is 16.4. The third kappa shape index (κ3) is 2.74. The molecule has 1 aromatic heterocycles. The number of nitrogens with zero attached hydrogens (tertiary/aromatic N) is 1. The normalized spacial score (nSPS) is 18.6. The lowest BCUT2D eigenvalue weighted by Crippen LogP contribution is -2.37. The van der Waals surface area contributed by atoms with Gasteiger partial charge in [-0.2, -0.15) is 0 Å². The van der Waals surface area contributed by atoms with Crippen LogP contribution in [0.3, 0.4) is 0 Å².